The molecule has 0 fully saturated rings. The van der Waals surface area contributed by atoms with Crippen LogP contribution in [0.4, 0.5) is 0 Å². The predicted octanol–water partition coefficient (Wildman–Crippen LogP) is 0.441. The van der Waals surface area contributed by atoms with Crippen molar-refractivity contribution >= 4 is 6.08 Å². The van der Waals surface area contributed by atoms with Crippen LogP contribution in [0.5, 0.6) is 0 Å². The Labute approximate surface area is 76.3 Å². The summed E-state index contributed by atoms with van der Waals surface area (Å²) >= 11 is 0. The van der Waals surface area contributed by atoms with Crippen LogP contribution < -0.4 is 5.32 Å². The molecule has 13 heavy (non-hydrogen) atoms. The van der Waals surface area contributed by atoms with Crippen molar-refractivity contribution in [1.29, 1.82) is 0 Å². The van der Waals surface area contributed by atoms with E-state index in [0.717, 1.165) is 5.56 Å². The van der Waals surface area contributed by atoms with Gasteiger partial charge in [0.1, 0.15) is 0 Å². The maximum Gasteiger partial charge on any atom is 0.193 e. The molecule has 2 rings (SSSR count). The zero-order valence-electron chi connectivity index (χ0n) is 7.07. The second kappa shape index (κ2) is 3.20. The fourth-order valence-electron chi connectivity index (χ4n) is 1.42. The Hall–Kier alpha value is -1.32. The van der Waals surface area contributed by atoms with Gasteiger partial charge in [0.05, 0.1) is 5.70 Å². The van der Waals surface area contributed by atoms with Crippen LogP contribution in [0.25, 0.3) is 6.08 Å². The molecule has 0 amide bonds. The first-order chi connectivity index (χ1) is 6.27. The summed E-state index contributed by atoms with van der Waals surface area (Å²) in [5, 5.41) is 20.8. The molecule has 1 heterocycles. The molecule has 68 valence electrons. The highest BCUT2D eigenvalue weighted by atomic mass is 16.5. The van der Waals surface area contributed by atoms with Gasteiger partial charge in [-0.3, -0.25) is 0 Å². The van der Waals surface area contributed by atoms with E-state index < -0.39 is 6.29 Å². The van der Waals surface area contributed by atoms with Crippen LogP contribution in [0.15, 0.2) is 30.0 Å². The Morgan fingerprint density at radius 3 is 2.77 bits per heavy atom. The van der Waals surface area contributed by atoms with Crippen molar-refractivity contribution < 1.29 is 10.2 Å². The van der Waals surface area contributed by atoms with Crippen molar-refractivity contribution in [3.05, 3.63) is 41.1 Å². The molecular weight excluding hydrogens is 166 g/mol. The molecule has 0 aromatic heterocycles. The van der Waals surface area contributed by atoms with Crippen LogP contribution in [0.1, 0.15) is 11.1 Å². The standard InChI is InChI=1S/C10H11NO2/c12-10(13)9-5-7-3-1-2-4-8(7)6-11-9/h1-5,10-13H,6H2. The zero-order valence-corrected chi connectivity index (χ0v) is 7.07. The van der Waals surface area contributed by atoms with E-state index in [1.807, 2.05) is 24.3 Å². The van der Waals surface area contributed by atoms with Crippen molar-refractivity contribution in [1.82, 2.24) is 5.32 Å². The minimum atomic E-state index is -1.41. The first kappa shape index (κ1) is 8.29. The lowest BCUT2D eigenvalue weighted by atomic mass is 10.0. The van der Waals surface area contributed by atoms with Crippen molar-refractivity contribution in [2.45, 2.75) is 12.8 Å². The van der Waals surface area contributed by atoms with Gasteiger partial charge in [-0.1, -0.05) is 24.3 Å². The molecule has 3 N–H and O–H groups in total. The van der Waals surface area contributed by atoms with Gasteiger partial charge < -0.3 is 15.5 Å². The molecule has 0 unspecified atom stereocenters. The third kappa shape index (κ3) is 1.56. The summed E-state index contributed by atoms with van der Waals surface area (Å²) < 4.78 is 0. The van der Waals surface area contributed by atoms with Crippen LogP contribution in [-0.2, 0) is 6.54 Å². The van der Waals surface area contributed by atoms with E-state index >= 15 is 0 Å². The van der Waals surface area contributed by atoms with E-state index in [-0.39, 0.29) is 0 Å². The van der Waals surface area contributed by atoms with Crippen LogP contribution in [0.2, 0.25) is 0 Å². The van der Waals surface area contributed by atoms with Crippen molar-refractivity contribution in [3.8, 4) is 0 Å². The fourth-order valence-corrected chi connectivity index (χ4v) is 1.42. The van der Waals surface area contributed by atoms with E-state index in [2.05, 4.69) is 5.32 Å². The van der Waals surface area contributed by atoms with Crippen molar-refractivity contribution in [2.24, 2.45) is 0 Å². The van der Waals surface area contributed by atoms with Gasteiger partial charge in [-0.15, -0.1) is 0 Å². The second-order valence-electron chi connectivity index (χ2n) is 3.03. The Morgan fingerprint density at radius 1 is 1.23 bits per heavy atom. The molecule has 1 aliphatic heterocycles. The number of aliphatic hydroxyl groups excluding tert-OH is 1. The molecule has 0 bridgehead atoms. The molecule has 1 aliphatic rings. The third-order valence-electron chi connectivity index (χ3n) is 2.13. The smallest absolute Gasteiger partial charge is 0.193 e. The average molecular weight is 177 g/mol. The maximum atomic E-state index is 8.93. The number of nitrogens with one attached hydrogen (secondary N) is 1. The van der Waals surface area contributed by atoms with Gasteiger partial charge in [-0.25, -0.2) is 0 Å². The highest BCUT2D eigenvalue weighted by molar-refractivity contribution is 5.59. The van der Waals surface area contributed by atoms with Gasteiger partial charge >= 0.3 is 0 Å². The molecule has 0 radical (unpaired) electrons. The summed E-state index contributed by atoms with van der Waals surface area (Å²) in [6, 6.07) is 7.87. The van der Waals surface area contributed by atoms with Crippen molar-refractivity contribution in [3.63, 3.8) is 0 Å². The lowest BCUT2D eigenvalue weighted by Gasteiger charge is -2.19. The SMILES string of the molecule is OC(O)C1=Cc2ccccc2CN1. The minimum Gasteiger partial charge on any atom is -0.380 e. The summed E-state index contributed by atoms with van der Waals surface area (Å²) in [6.07, 6.45) is 0.345. The molecule has 1 aromatic carbocycles. The Bertz CT molecular complexity index is 345. The topological polar surface area (TPSA) is 52.5 Å². The van der Waals surface area contributed by atoms with E-state index in [9.17, 15) is 0 Å². The van der Waals surface area contributed by atoms with E-state index in [4.69, 9.17) is 10.2 Å². The van der Waals surface area contributed by atoms with Gasteiger partial charge in [-0.05, 0) is 17.2 Å². The number of hydrogen-bond donors (Lipinski definition) is 3. The summed E-state index contributed by atoms with van der Waals surface area (Å²) in [7, 11) is 0. The van der Waals surface area contributed by atoms with Crippen LogP contribution in [0.3, 0.4) is 0 Å². The lowest BCUT2D eigenvalue weighted by Crippen LogP contribution is -2.26. The normalized spacial score (nSPS) is 14.8. The van der Waals surface area contributed by atoms with Gasteiger partial charge in [0.2, 0.25) is 0 Å². The summed E-state index contributed by atoms with van der Waals surface area (Å²) in [5.41, 5.74) is 2.68. The van der Waals surface area contributed by atoms with Gasteiger partial charge in [0.15, 0.2) is 6.29 Å². The molecule has 1 aromatic rings. The minimum absolute atomic E-state index is 0.457. The highest BCUT2D eigenvalue weighted by Crippen LogP contribution is 2.18. The molecule has 3 nitrogen and oxygen atoms in total. The Balaban J connectivity index is 2.38. The molecule has 0 saturated carbocycles. The Kier molecular flexibility index (Phi) is 2.04. The zero-order chi connectivity index (χ0) is 9.26. The number of aliphatic hydroxyl groups is 2. The predicted molar refractivity (Wildman–Crippen MR) is 49.5 cm³/mol. The van der Waals surface area contributed by atoms with E-state index in [1.54, 1.807) is 6.08 Å². The lowest BCUT2D eigenvalue weighted by molar-refractivity contribution is -0.0123. The molecule has 0 atom stereocenters. The summed E-state index contributed by atoms with van der Waals surface area (Å²) in [4.78, 5) is 0. The van der Waals surface area contributed by atoms with E-state index in [1.165, 1.54) is 5.56 Å². The highest BCUT2D eigenvalue weighted by Gasteiger charge is 2.12. The summed E-state index contributed by atoms with van der Waals surface area (Å²) in [6.45, 7) is 0.652. The van der Waals surface area contributed by atoms with Gasteiger partial charge in [-0.2, -0.15) is 0 Å². The fraction of sp³-hybridized carbons (Fsp3) is 0.200. The van der Waals surface area contributed by atoms with Crippen molar-refractivity contribution in [2.75, 3.05) is 0 Å². The largest absolute Gasteiger partial charge is 0.380 e. The Morgan fingerprint density at radius 2 is 2.00 bits per heavy atom. The maximum absolute atomic E-state index is 8.93. The molecule has 0 spiro atoms. The first-order valence-electron chi connectivity index (χ1n) is 4.17. The third-order valence-corrected chi connectivity index (χ3v) is 2.13. The number of rotatable bonds is 1. The van der Waals surface area contributed by atoms with Crippen LogP contribution >= 0.6 is 0 Å². The van der Waals surface area contributed by atoms with E-state index in [0.29, 0.717) is 12.2 Å². The second-order valence-corrected chi connectivity index (χ2v) is 3.03. The van der Waals surface area contributed by atoms with Gasteiger partial charge in [0.25, 0.3) is 0 Å². The summed E-state index contributed by atoms with van der Waals surface area (Å²) in [5.74, 6) is 0. The first-order valence-corrected chi connectivity index (χ1v) is 4.17. The number of benzene rings is 1. The number of fused-ring (bicyclic) bond motifs is 1. The molecule has 0 aliphatic carbocycles. The quantitative estimate of drug-likeness (QED) is 0.546. The van der Waals surface area contributed by atoms with Crippen LogP contribution in [0, 0.1) is 0 Å². The monoisotopic (exact) mass is 177 g/mol. The molecule has 3 heteroatoms. The average Bonchev–Trinajstić information content (AvgIpc) is 2.17. The molecule has 0 saturated heterocycles. The number of hydrogen-bond acceptors (Lipinski definition) is 3. The van der Waals surface area contributed by atoms with Gasteiger partial charge in [0, 0.05) is 6.54 Å². The van der Waals surface area contributed by atoms with Crippen LogP contribution in [-0.4, -0.2) is 16.5 Å². The molecular formula is C10H11NO2.